The lowest BCUT2D eigenvalue weighted by molar-refractivity contribution is -0.140. The molecule has 0 atom stereocenters. The van der Waals surface area contributed by atoms with Gasteiger partial charge in [0.25, 0.3) is 0 Å². The predicted octanol–water partition coefficient (Wildman–Crippen LogP) is 0.231. The summed E-state index contributed by atoms with van der Waals surface area (Å²) in [5, 5.41) is 8.54. The molecule has 0 rings (SSSR count). The Morgan fingerprint density at radius 3 is 1.00 bits per heavy atom. The third kappa shape index (κ3) is 27.0. The van der Waals surface area contributed by atoms with Gasteiger partial charge in [-0.2, -0.15) is 0 Å². The van der Waals surface area contributed by atoms with Gasteiger partial charge >= 0.3 is 5.97 Å². The van der Waals surface area contributed by atoms with Crippen LogP contribution in [0.1, 0.15) is 6.92 Å². The molecule has 0 radical (unpaired) electrons. The van der Waals surface area contributed by atoms with Crippen molar-refractivity contribution >= 4 is 5.97 Å². The summed E-state index contributed by atoms with van der Waals surface area (Å²) in [6.45, 7) is 12.7. The summed E-state index contributed by atoms with van der Waals surface area (Å²) in [5.74, 6) is -0.412. The molecule has 0 aliphatic carbocycles. The fourth-order valence-corrected chi connectivity index (χ4v) is 2.02. The second-order valence-electron chi connectivity index (χ2n) is 6.54. The monoisotopic (exact) mass is 482 g/mol. The number of carbonyl (C=O) groups is 1. The van der Waals surface area contributed by atoms with Gasteiger partial charge in [-0.3, -0.25) is 0 Å². The van der Waals surface area contributed by atoms with E-state index in [1.165, 1.54) is 0 Å². The summed E-state index contributed by atoms with van der Waals surface area (Å²) in [4.78, 5) is 11.1. The molecule has 196 valence electrons. The van der Waals surface area contributed by atoms with Crippen molar-refractivity contribution < 1.29 is 52.5 Å². The van der Waals surface area contributed by atoms with Crippen LogP contribution in [-0.4, -0.2) is 130 Å². The summed E-state index contributed by atoms with van der Waals surface area (Å²) >= 11 is 0. The molecule has 1 N–H and O–H groups in total. The van der Waals surface area contributed by atoms with Gasteiger partial charge in [0.1, 0.15) is 6.61 Å². The van der Waals surface area contributed by atoms with Crippen molar-refractivity contribution in [3.63, 3.8) is 0 Å². The van der Waals surface area contributed by atoms with Crippen molar-refractivity contribution in [3.05, 3.63) is 12.2 Å². The smallest absolute Gasteiger partial charge is 0.333 e. The molecule has 0 unspecified atom stereocenters. The third-order valence-corrected chi connectivity index (χ3v) is 3.65. The van der Waals surface area contributed by atoms with Crippen LogP contribution in [0.3, 0.4) is 0 Å². The highest BCUT2D eigenvalue weighted by Gasteiger charge is 2.01. The largest absolute Gasteiger partial charge is 0.460 e. The summed E-state index contributed by atoms with van der Waals surface area (Å²) in [5.41, 5.74) is 0.371. The topological polar surface area (TPSA) is 120 Å². The summed E-state index contributed by atoms with van der Waals surface area (Å²) in [6, 6.07) is 0. The first-order valence-electron chi connectivity index (χ1n) is 11.2. The molecule has 0 amide bonds. The lowest BCUT2D eigenvalue weighted by Crippen LogP contribution is -2.15. The zero-order valence-corrected chi connectivity index (χ0v) is 20.0. The van der Waals surface area contributed by atoms with Crippen LogP contribution in [-0.2, 0) is 47.4 Å². The molecule has 0 bridgehead atoms. The molecule has 0 aromatic carbocycles. The number of aliphatic hydroxyl groups is 1. The summed E-state index contributed by atoms with van der Waals surface area (Å²) in [6.07, 6.45) is 0. The first-order chi connectivity index (χ1) is 16.2. The third-order valence-electron chi connectivity index (χ3n) is 3.65. The molecule has 0 heterocycles. The molecule has 0 aliphatic rings. The molecule has 0 spiro atoms. The fourth-order valence-electron chi connectivity index (χ4n) is 2.02. The normalized spacial score (nSPS) is 11.1. The number of hydrogen-bond acceptors (Lipinski definition) is 11. The highest BCUT2D eigenvalue weighted by atomic mass is 16.6. The van der Waals surface area contributed by atoms with Crippen LogP contribution in [0.15, 0.2) is 12.2 Å². The average Bonchev–Trinajstić information content (AvgIpc) is 2.81. The molecule has 0 saturated heterocycles. The van der Waals surface area contributed by atoms with Gasteiger partial charge in [0, 0.05) is 5.57 Å². The molecular formula is C22H42O11. The average molecular weight is 483 g/mol. The van der Waals surface area contributed by atoms with Crippen molar-refractivity contribution in [2.75, 3.05) is 119 Å². The Kier molecular flexibility index (Phi) is 26.2. The van der Waals surface area contributed by atoms with E-state index in [1.807, 2.05) is 0 Å². The number of esters is 1. The summed E-state index contributed by atoms with van der Waals surface area (Å²) < 4.78 is 47.5. The van der Waals surface area contributed by atoms with E-state index in [2.05, 4.69) is 6.58 Å². The van der Waals surface area contributed by atoms with E-state index >= 15 is 0 Å². The van der Waals surface area contributed by atoms with Crippen molar-refractivity contribution in [3.8, 4) is 0 Å². The molecule has 33 heavy (non-hydrogen) atoms. The fraction of sp³-hybridized carbons (Fsp3) is 0.864. The van der Waals surface area contributed by atoms with Crippen LogP contribution in [0.5, 0.6) is 0 Å². The summed E-state index contributed by atoms with van der Waals surface area (Å²) in [7, 11) is 0. The number of ether oxygens (including phenoxy) is 9. The van der Waals surface area contributed by atoms with Crippen LogP contribution in [0.25, 0.3) is 0 Å². The number of rotatable bonds is 27. The molecule has 0 fully saturated rings. The standard InChI is InChI=1S/C22H42O11/c1-21(2)22(24)33-20-19-32-18-17-31-16-15-30-14-13-29-12-11-28-10-9-27-8-7-26-6-5-25-4-3-23/h23H,1,3-20H2,2H3. The van der Waals surface area contributed by atoms with Gasteiger partial charge in [0.05, 0.1) is 112 Å². The van der Waals surface area contributed by atoms with Crippen molar-refractivity contribution in [1.29, 1.82) is 0 Å². The second-order valence-corrected chi connectivity index (χ2v) is 6.54. The van der Waals surface area contributed by atoms with Gasteiger partial charge in [-0.1, -0.05) is 6.58 Å². The minimum atomic E-state index is -0.412. The van der Waals surface area contributed by atoms with Crippen LogP contribution in [0.4, 0.5) is 0 Å². The van der Waals surface area contributed by atoms with Crippen LogP contribution >= 0.6 is 0 Å². The minimum absolute atomic E-state index is 0.0237. The van der Waals surface area contributed by atoms with E-state index in [0.717, 1.165) is 0 Å². The van der Waals surface area contributed by atoms with E-state index in [9.17, 15) is 4.79 Å². The molecular weight excluding hydrogens is 440 g/mol. The van der Waals surface area contributed by atoms with E-state index < -0.39 is 5.97 Å². The Balaban J connectivity index is 3.05. The Morgan fingerprint density at radius 2 is 0.758 bits per heavy atom. The second kappa shape index (κ2) is 27.1. The van der Waals surface area contributed by atoms with Gasteiger partial charge in [-0.25, -0.2) is 4.79 Å². The molecule has 0 aliphatic heterocycles. The SMILES string of the molecule is C=C(C)C(=O)OCCOCCOCCOCCOCCOCCOCCOCCOCCO. The molecule has 0 saturated carbocycles. The lowest BCUT2D eigenvalue weighted by Gasteiger charge is -2.08. The predicted molar refractivity (Wildman–Crippen MR) is 119 cm³/mol. The van der Waals surface area contributed by atoms with E-state index in [4.69, 9.17) is 47.7 Å². The maximum atomic E-state index is 11.1. The lowest BCUT2D eigenvalue weighted by atomic mass is 10.4. The molecule has 0 aromatic heterocycles. The van der Waals surface area contributed by atoms with E-state index in [1.54, 1.807) is 6.92 Å². The highest BCUT2D eigenvalue weighted by Crippen LogP contribution is 1.91. The maximum absolute atomic E-state index is 11.1. The van der Waals surface area contributed by atoms with Gasteiger partial charge in [0.15, 0.2) is 0 Å². The Bertz CT molecular complexity index is 435. The van der Waals surface area contributed by atoms with Gasteiger partial charge < -0.3 is 47.7 Å². The molecule has 0 aromatic rings. The molecule has 11 heteroatoms. The maximum Gasteiger partial charge on any atom is 0.333 e. The Hall–Kier alpha value is -1.15. The zero-order chi connectivity index (χ0) is 24.2. The van der Waals surface area contributed by atoms with E-state index in [0.29, 0.717) is 111 Å². The zero-order valence-electron chi connectivity index (χ0n) is 20.0. The highest BCUT2D eigenvalue weighted by molar-refractivity contribution is 5.86. The Morgan fingerprint density at radius 1 is 0.515 bits per heavy atom. The van der Waals surface area contributed by atoms with Crippen LogP contribution in [0.2, 0.25) is 0 Å². The van der Waals surface area contributed by atoms with Gasteiger partial charge in [-0.05, 0) is 6.92 Å². The van der Waals surface area contributed by atoms with Gasteiger partial charge in [-0.15, -0.1) is 0 Å². The first kappa shape index (κ1) is 31.9. The van der Waals surface area contributed by atoms with Crippen molar-refractivity contribution in [2.24, 2.45) is 0 Å². The van der Waals surface area contributed by atoms with Crippen molar-refractivity contribution in [1.82, 2.24) is 0 Å². The first-order valence-corrected chi connectivity index (χ1v) is 11.2. The quantitative estimate of drug-likeness (QED) is 0.0984. The van der Waals surface area contributed by atoms with Crippen molar-refractivity contribution in [2.45, 2.75) is 6.92 Å². The van der Waals surface area contributed by atoms with E-state index in [-0.39, 0.29) is 13.2 Å². The van der Waals surface area contributed by atoms with Crippen LogP contribution in [0, 0.1) is 0 Å². The van der Waals surface area contributed by atoms with Gasteiger partial charge in [0.2, 0.25) is 0 Å². The number of carbonyl (C=O) groups excluding carboxylic acids is 1. The minimum Gasteiger partial charge on any atom is -0.460 e. The Labute approximate surface area is 197 Å². The van der Waals surface area contributed by atoms with Crippen LogP contribution < -0.4 is 0 Å². The molecule has 11 nitrogen and oxygen atoms in total. The number of aliphatic hydroxyl groups excluding tert-OH is 1. The number of hydrogen-bond donors (Lipinski definition) is 1.